The van der Waals surface area contributed by atoms with Gasteiger partial charge in [0.05, 0.1) is 27.4 Å². The number of ketones is 1. The highest BCUT2D eigenvalue weighted by Crippen LogP contribution is 2.60. The number of rotatable bonds is 5. The van der Waals surface area contributed by atoms with Gasteiger partial charge >= 0.3 is 11.4 Å². The third-order valence-electron chi connectivity index (χ3n) is 6.07. The van der Waals surface area contributed by atoms with Crippen molar-refractivity contribution < 1.29 is 37.1 Å². The van der Waals surface area contributed by atoms with Crippen molar-refractivity contribution in [1.82, 2.24) is 0 Å². The normalized spacial score (nSPS) is 25.1. The third kappa shape index (κ3) is 2.96. The van der Waals surface area contributed by atoms with Crippen LogP contribution in [0.4, 0.5) is 0 Å². The number of methoxy groups -OCH3 is 3. The van der Waals surface area contributed by atoms with Gasteiger partial charge in [0.25, 0.3) is 0 Å². The van der Waals surface area contributed by atoms with E-state index in [-0.39, 0.29) is 23.2 Å². The number of carbonyl (C=O) groups excluding carboxylic acids is 1. The van der Waals surface area contributed by atoms with E-state index < -0.39 is 29.3 Å². The van der Waals surface area contributed by atoms with Crippen molar-refractivity contribution in [2.75, 3.05) is 21.3 Å². The van der Waals surface area contributed by atoms with E-state index in [1.165, 1.54) is 27.4 Å². The minimum Gasteiger partial charge on any atom is -0.493 e. The lowest BCUT2D eigenvalue weighted by Crippen LogP contribution is -2.30. The molecule has 0 fully saturated rings. The number of aliphatic hydroxyl groups is 1. The van der Waals surface area contributed by atoms with Gasteiger partial charge < -0.3 is 23.5 Å². The Labute approximate surface area is 176 Å². The fourth-order valence-electron chi connectivity index (χ4n) is 4.76. The first kappa shape index (κ1) is 20.6. The molecule has 4 rings (SSSR count). The van der Waals surface area contributed by atoms with Crippen molar-refractivity contribution in [2.24, 2.45) is 5.92 Å². The molecule has 2 aromatic carbocycles. The lowest BCUT2D eigenvalue weighted by Gasteiger charge is -2.34. The van der Waals surface area contributed by atoms with Crippen LogP contribution in [0.5, 0.6) is 23.0 Å². The van der Waals surface area contributed by atoms with Gasteiger partial charge in [0.15, 0.2) is 28.8 Å². The lowest BCUT2D eigenvalue weighted by atomic mass is 9.68. The molecule has 2 aromatic rings. The van der Waals surface area contributed by atoms with Crippen molar-refractivity contribution >= 4 is 17.1 Å². The molecule has 0 saturated carbocycles. The molecule has 0 saturated heterocycles. The fourth-order valence-corrected chi connectivity index (χ4v) is 5.04. The lowest BCUT2D eigenvalue weighted by molar-refractivity contribution is 0.0835. The first-order valence-electron chi connectivity index (χ1n) is 9.31. The third-order valence-corrected chi connectivity index (χ3v) is 6.39. The number of hydrogen-bond donors (Lipinski definition) is 2. The number of carbonyl (C=O) groups is 1. The predicted octanol–water partition coefficient (Wildman–Crippen LogP) is 2.97. The molecular formula is C21H22O8S. The zero-order valence-electron chi connectivity index (χ0n) is 16.9. The Morgan fingerprint density at radius 3 is 1.97 bits per heavy atom. The van der Waals surface area contributed by atoms with Gasteiger partial charge in [0.2, 0.25) is 0 Å². The molecule has 0 bridgehead atoms. The first-order chi connectivity index (χ1) is 14.3. The van der Waals surface area contributed by atoms with Gasteiger partial charge in [0, 0.05) is 23.3 Å². The summed E-state index contributed by atoms with van der Waals surface area (Å²) in [6, 6.07) is 6.56. The number of ether oxygens (including phenoxy) is 3. The summed E-state index contributed by atoms with van der Waals surface area (Å²) in [5.41, 5.74) is 2.46. The van der Waals surface area contributed by atoms with Crippen molar-refractivity contribution in [3.8, 4) is 23.0 Å². The van der Waals surface area contributed by atoms with Crippen LogP contribution in [-0.2, 0) is 11.4 Å². The predicted molar refractivity (Wildman–Crippen MR) is 108 cm³/mol. The Bertz CT molecular complexity index is 1050. The van der Waals surface area contributed by atoms with E-state index >= 15 is 0 Å². The highest BCUT2D eigenvalue weighted by molar-refractivity contribution is 7.74. The van der Waals surface area contributed by atoms with Crippen LogP contribution in [0.3, 0.4) is 0 Å². The second-order valence-corrected chi connectivity index (χ2v) is 7.98. The molecule has 0 aromatic heterocycles. The van der Waals surface area contributed by atoms with E-state index in [2.05, 4.69) is 0 Å². The highest BCUT2D eigenvalue weighted by Gasteiger charge is 2.50. The van der Waals surface area contributed by atoms with Crippen LogP contribution < -0.4 is 18.4 Å². The van der Waals surface area contributed by atoms with E-state index in [0.717, 1.165) is 5.56 Å². The Kier molecular flexibility index (Phi) is 5.21. The summed E-state index contributed by atoms with van der Waals surface area (Å²) in [5, 5.41) is 11.2. The topological polar surface area (TPSA) is 112 Å². The van der Waals surface area contributed by atoms with E-state index in [0.29, 0.717) is 28.2 Å². The van der Waals surface area contributed by atoms with Crippen LogP contribution in [0, 0.1) is 5.92 Å². The van der Waals surface area contributed by atoms with Crippen LogP contribution in [-0.4, -0.2) is 41.0 Å². The molecule has 8 nitrogen and oxygen atoms in total. The molecule has 160 valence electrons. The van der Waals surface area contributed by atoms with Crippen molar-refractivity contribution in [2.45, 2.75) is 24.9 Å². The molecule has 0 radical (unpaired) electrons. The van der Waals surface area contributed by atoms with E-state index in [1.54, 1.807) is 18.2 Å². The van der Waals surface area contributed by atoms with Crippen LogP contribution in [0.2, 0.25) is 0 Å². The van der Waals surface area contributed by atoms with Gasteiger partial charge in [-0.25, -0.2) is 0 Å². The summed E-state index contributed by atoms with van der Waals surface area (Å²) < 4.78 is 41.3. The molecule has 0 spiro atoms. The van der Waals surface area contributed by atoms with Crippen LogP contribution in [0.25, 0.3) is 0 Å². The van der Waals surface area contributed by atoms with Gasteiger partial charge in [-0.15, -0.1) is 0 Å². The van der Waals surface area contributed by atoms with E-state index in [1.807, 2.05) is 6.92 Å². The van der Waals surface area contributed by atoms with Gasteiger partial charge in [-0.05, 0) is 41.0 Å². The molecule has 5 atom stereocenters. The minimum absolute atomic E-state index is 0.0429. The molecule has 3 unspecified atom stereocenters. The van der Waals surface area contributed by atoms with Gasteiger partial charge in [0.1, 0.15) is 0 Å². The molecule has 9 heteroatoms. The summed E-state index contributed by atoms with van der Waals surface area (Å²) in [4.78, 5) is 13.2. The molecular weight excluding hydrogens is 412 g/mol. The van der Waals surface area contributed by atoms with Crippen molar-refractivity contribution in [1.29, 1.82) is 0 Å². The number of fused-ring (bicyclic) bond motifs is 5. The average molecular weight is 434 g/mol. The van der Waals surface area contributed by atoms with Gasteiger partial charge in [-0.1, -0.05) is 6.92 Å². The molecule has 2 N–H and O–H groups in total. The standard InChI is InChI=1S/C21H22O8S/c1-9-18-10-5-16(28-4)17(29-30(24)25)8-13(10)21(23)19(18)11-6-14(26-2)15(27-3)7-12(11)20(9)22/h5-9,18-19,21,23H,1-4H3,(H,24,25)/t9?,18-,19-,21?/m0/s1. The maximum atomic E-state index is 13.2. The SMILES string of the molecule is COc1cc2c(cc1OC)[C@@H]1C(O)c3cc(OS(=O)O)c(OC)cc3[C@@H]1C(C)C2=O. The quantitative estimate of drug-likeness (QED) is 0.691. The van der Waals surface area contributed by atoms with Crippen LogP contribution in [0.15, 0.2) is 24.3 Å². The fraction of sp³-hybridized carbons (Fsp3) is 0.381. The molecule has 0 aliphatic heterocycles. The van der Waals surface area contributed by atoms with E-state index in [4.69, 9.17) is 22.9 Å². The van der Waals surface area contributed by atoms with Crippen LogP contribution in [0.1, 0.15) is 51.9 Å². The van der Waals surface area contributed by atoms with Crippen molar-refractivity contribution in [3.05, 3.63) is 46.5 Å². The van der Waals surface area contributed by atoms with Crippen molar-refractivity contribution in [3.63, 3.8) is 0 Å². The average Bonchev–Trinajstić information content (AvgIpc) is 3.01. The van der Waals surface area contributed by atoms with Crippen LogP contribution >= 0.6 is 0 Å². The smallest absolute Gasteiger partial charge is 0.357 e. The summed E-state index contributed by atoms with van der Waals surface area (Å²) in [6.07, 6.45) is -0.946. The second kappa shape index (κ2) is 7.57. The number of aliphatic hydroxyl groups excluding tert-OH is 1. The molecule has 2 aliphatic carbocycles. The largest absolute Gasteiger partial charge is 0.493 e. The first-order valence-corrected chi connectivity index (χ1v) is 10.3. The molecule has 0 heterocycles. The maximum absolute atomic E-state index is 13.2. The summed E-state index contributed by atoms with van der Waals surface area (Å²) in [6.45, 7) is 1.83. The summed E-state index contributed by atoms with van der Waals surface area (Å²) in [7, 11) is 4.43. The summed E-state index contributed by atoms with van der Waals surface area (Å²) >= 11 is -2.55. The minimum atomic E-state index is -2.55. The Morgan fingerprint density at radius 1 is 0.833 bits per heavy atom. The van der Waals surface area contributed by atoms with Gasteiger partial charge in [-0.2, -0.15) is 4.21 Å². The number of benzene rings is 2. The maximum Gasteiger partial charge on any atom is 0.357 e. The summed E-state index contributed by atoms with van der Waals surface area (Å²) in [5.74, 6) is 0.0598. The molecule has 0 amide bonds. The Hall–Kier alpha value is -2.62. The van der Waals surface area contributed by atoms with Gasteiger partial charge in [-0.3, -0.25) is 9.35 Å². The van der Waals surface area contributed by atoms with E-state index in [9.17, 15) is 14.1 Å². The highest BCUT2D eigenvalue weighted by atomic mass is 32.2. The monoisotopic (exact) mass is 434 g/mol. The Balaban J connectivity index is 1.91. The number of Topliss-reactive ketones (excluding diaryl/α,β-unsaturated/α-hetero) is 1. The zero-order valence-corrected chi connectivity index (χ0v) is 17.7. The Morgan fingerprint density at radius 2 is 1.37 bits per heavy atom. The molecule has 30 heavy (non-hydrogen) atoms. The number of hydrogen-bond acceptors (Lipinski definition) is 7. The zero-order chi connectivity index (χ0) is 21.7. The molecule has 2 aliphatic rings. The second-order valence-electron chi connectivity index (χ2n) is 7.38.